The smallest absolute Gasteiger partial charge is 0.159 e. The van der Waals surface area contributed by atoms with Crippen LogP contribution in [0.25, 0.3) is 0 Å². The summed E-state index contributed by atoms with van der Waals surface area (Å²) in [6, 6.07) is 3.88. The van der Waals surface area contributed by atoms with E-state index in [1.807, 2.05) is 0 Å². The first-order valence-corrected chi connectivity index (χ1v) is 6.94. The first-order valence-electron chi connectivity index (χ1n) is 6.94. The van der Waals surface area contributed by atoms with Gasteiger partial charge in [-0.25, -0.2) is 8.78 Å². The van der Waals surface area contributed by atoms with E-state index in [0.717, 1.165) is 12.1 Å². The van der Waals surface area contributed by atoms with E-state index in [1.165, 1.54) is 31.7 Å². The average molecular weight is 269 g/mol. The maximum absolute atomic E-state index is 13.1. The van der Waals surface area contributed by atoms with Crippen molar-refractivity contribution < 1.29 is 13.9 Å². The number of rotatable bonds is 5. The molecule has 2 nitrogen and oxygen atoms in total. The van der Waals surface area contributed by atoms with Crippen LogP contribution in [-0.4, -0.2) is 17.7 Å². The fourth-order valence-corrected chi connectivity index (χ4v) is 2.76. The molecule has 0 heterocycles. The van der Waals surface area contributed by atoms with E-state index >= 15 is 0 Å². The maximum atomic E-state index is 13.1. The third-order valence-corrected chi connectivity index (χ3v) is 4.07. The SMILES string of the molecule is C[C@@H](NCC(O)c1ccc(F)c(F)c1)C1CCCC1. The largest absolute Gasteiger partial charge is 0.387 e. The molecule has 0 aliphatic heterocycles. The van der Waals surface area contributed by atoms with Crippen molar-refractivity contribution in [2.24, 2.45) is 5.92 Å². The molecule has 0 spiro atoms. The number of nitrogens with one attached hydrogen (secondary N) is 1. The Bertz CT molecular complexity index is 419. The zero-order valence-corrected chi connectivity index (χ0v) is 11.2. The quantitative estimate of drug-likeness (QED) is 0.860. The Morgan fingerprint density at radius 2 is 1.95 bits per heavy atom. The Morgan fingerprint density at radius 1 is 1.26 bits per heavy atom. The summed E-state index contributed by atoms with van der Waals surface area (Å²) in [5.41, 5.74) is 0.407. The monoisotopic (exact) mass is 269 g/mol. The molecule has 1 aliphatic rings. The lowest BCUT2D eigenvalue weighted by molar-refractivity contribution is 0.165. The van der Waals surface area contributed by atoms with Gasteiger partial charge in [0.1, 0.15) is 0 Å². The van der Waals surface area contributed by atoms with Crippen molar-refractivity contribution in [2.45, 2.75) is 44.8 Å². The van der Waals surface area contributed by atoms with Gasteiger partial charge in [0.25, 0.3) is 0 Å². The molecule has 1 saturated carbocycles. The lowest BCUT2D eigenvalue weighted by Crippen LogP contribution is -2.35. The summed E-state index contributed by atoms with van der Waals surface area (Å²) in [5, 5.41) is 13.3. The predicted octanol–water partition coefficient (Wildman–Crippen LogP) is 3.17. The van der Waals surface area contributed by atoms with Crippen LogP contribution < -0.4 is 5.32 Å². The van der Waals surface area contributed by atoms with Crippen LogP contribution in [0.1, 0.15) is 44.3 Å². The highest BCUT2D eigenvalue weighted by Gasteiger charge is 2.22. The normalized spacial score (nSPS) is 19.6. The summed E-state index contributed by atoms with van der Waals surface area (Å²) >= 11 is 0. The summed E-state index contributed by atoms with van der Waals surface area (Å²) in [5.74, 6) is -1.14. The Labute approximate surface area is 112 Å². The average Bonchev–Trinajstić information content (AvgIpc) is 2.92. The molecule has 1 aromatic carbocycles. The molecule has 0 bridgehead atoms. The third-order valence-electron chi connectivity index (χ3n) is 4.07. The molecule has 1 aromatic rings. The van der Waals surface area contributed by atoms with Gasteiger partial charge in [0, 0.05) is 12.6 Å². The van der Waals surface area contributed by atoms with Gasteiger partial charge in [0.05, 0.1) is 6.10 Å². The molecule has 1 fully saturated rings. The van der Waals surface area contributed by atoms with Crippen LogP contribution >= 0.6 is 0 Å². The zero-order chi connectivity index (χ0) is 13.8. The molecule has 1 aliphatic carbocycles. The minimum absolute atomic E-state index is 0.349. The topological polar surface area (TPSA) is 32.3 Å². The van der Waals surface area contributed by atoms with Crippen molar-refractivity contribution in [1.82, 2.24) is 5.32 Å². The molecule has 0 amide bonds. The Hall–Kier alpha value is -1.00. The second kappa shape index (κ2) is 6.44. The minimum Gasteiger partial charge on any atom is -0.387 e. The van der Waals surface area contributed by atoms with E-state index in [2.05, 4.69) is 12.2 Å². The summed E-state index contributed by atoms with van der Waals surface area (Å²) in [6.07, 6.45) is 4.22. The molecule has 1 unspecified atom stereocenters. The highest BCUT2D eigenvalue weighted by atomic mass is 19.2. The molecule has 2 rings (SSSR count). The second-order valence-corrected chi connectivity index (χ2v) is 5.43. The van der Waals surface area contributed by atoms with Crippen LogP contribution in [0.4, 0.5) is 8.78 Å². The van der Waals surface area contributed by atoms with Gasteiger partial charge in [0.2, 0.25) is 0 Å². The number of aliphatic hydroxyl groups is 1. The first-order chi connectivity index (χ1) is 9.08. The van der Waals surface area contributed by atoms with Crippen molar-refractivity contribution >= 4 is 0 Å². The van der Waals surface area contributed by atoms with Crippen LogP contribution in [0.15, 0.2) is 18.2 Å². The molecule has 0 saturated heterocycles. The van der Waals surface area contributed by atoms with Crippen LogP contribution in [0.5, 0.6) is 0 Å². The minimum atomic E-state index is -0.916. The zero-order valence-electron chi connectivity index (χ0n) is 11.2. The summed E-state index contributed by atoms with van der Waals surface area (Å²) in [6.45, 7) is 2.48. The van der Waals surface area contributed by atoms with E-state index in [0.29, 0.717) is 24.1 Å². The standard InChI is InChI=1S/C15H21F2NO/c1-10(11-4-2-3-5-11)18-9-15(19)12-6-7-13(16)14(17)8-12/h6-8,10-11,15,18-19H,2-5,9H2,1H3/t10-,15?/m1/s1. The Kier molecular flexibility index (Phi) is 4.88. The molecule has 2 N–H and O–H groups in total. The number of aliphatic hydroxyl groups excluding tert-OH is 1. The van der Waals surface area contributed by atoms with Crippen molar-refractivity contribution in [3.05, 3.63) is 35.4 Å². The van der Waals surface area contributed by atoms with Crippen LogP contribution in [-0.2, 0) is 0 Å². The van der Waals surface area contributed by atoms with Crippen LogP contribution in [0.3, 0.4) is 0 Å². The van der Waals surface area contributed by atoms with Gasteiger partial charge in [-0.1, -0.05) is 18.9 Å². The molecule has 2 atom stereocenters. The van der Waals surface area contributed by atoms with E-state index in [1.54, 1.807) is 0 Å². The lowest BCUT2D eigenvalue weighted by Gasteiger charge is -2.22. The lowest BCUT2D eigenvalue weighted by atomic mass is 9.99. The Balaban J connectivity index is 1.86. The van der Waals surface area contributed by atoms with E-state index in [-0.39, 0.29) is 0 Å². The highest BCUT2D eigenvalue weighted by Crippen LogP contribution is 2.27. The van der Waals surface area contributed by atoms with E-state index in [9.17, 15) is 13.9 Å². The summed E-state index contributed by atoms with van der Waals surface area (Å²) < 4.78 is 25.9. The number of benzene rings is 1. The third kappa shape index (κ3) is 3.74. The maximum Gasteiger partial charge on any atom is 0.159 e. The summed E-state index contributed by atoms with van der Waals surface area (Å²) in [7, 11) is 0. The van der Waals surface area contributed by atoms with Gasteiger partial charge in [-0.05, 0) is 43.4 Å². The molecule has 106 valence electrons. The van der Waals surface area contributed by atoms with Gasteiger partial charge in [-0.3, -0.25) is 0 Å². The van der Waals surface area contributed by atoms with Gasteiger partial charge >= 0.3 is 0 Å². The van der Waals surface area contributed by atoms with Gasteiger partial charge in [-0.15, -0.1) is 0 Å². The van der Waals surface area contributed by atoms with Gasteiger partial charge < -0.3 is 10.4 Å². The molecule has 0 radical (unpaired) electrons. The molecular weight excluding hydrogens is 248 g/mol. The predicted molar refractivity (Wildman–Crippen MR) is 70.7 cm³/mol. The van der Waals surface area contributed by atoms with Crippen molar-refractivity contribution in [1.29, 1.82) is 0 Å². The summed E-state index contributed by atoms with van der Waals surface area (Å²) in [4.78, 5) is 0. The van der Waals surface area contributed by atoms with Crippen molar-refractivity contribution in [3.8, 4) is 0 Å². The van der Waals surface area contributed by atoms with Gasteiger partial charge in [-0.2, -0.15) is 0 Å². The first kappa shape index (κ1) is 14.4. The molecule has 19 heavy (non-hydrogen) atoms. The second-order valence-electron chi connectivity index (χ2n) is 5.43. The van der Waals surface area contributed by atoms with E-state index < -0.39 is 17.7 Å². The van der Waals surface area contributed by atoms with Crippen LogP contribution in [0.2, 0.25) is 0 Å². The fourth-order valence-electron chi connectivity index (χ4n) is 2.76. The Morgan fingerprint density at radius 3 is 2.58 bits per heavy atom. The van der Waals surface area contributed by atoms with Crippen LogP contribution in [0, 0.1) is 17.6 Å². The molecular formula is C15H21F2NO. The number of hydrogen-bond acceptors (Lipinski definition) is 2. The van der Waals surface area contributed by atoms with Crippen molar-refractivity contribution in [3.63, 3.8) is 0 Å². The van der Waals surface area contributed by atoms with E-state index in [4.69, 9.17) is 0 Å². The molecule has 0 aromatic heterocycles. The number of hydrogen-bond donors (Lipinski definition) is 2. The highest BCUT2D eigenvalue weighted by molar-refractivity contribution is 5.20. The fraction of sp³-hybridized carbons (Fsp3) is 0.600. The molecule has 4 heteroatoms. The number of halogens is 2. The van der Waals surface area contributed by atoms with Gasteiger partial charge in [0.15, 0.2) is 11.6 Å². The van der Waals surface area contributed by atoms with Crippen molar-refractivity contribution in [2.75, 3.05) is 6.54 Å².